The van der Waals surface area contributed by atoms with Crippen LogP contribution in [0.5, 0.6) is 0 Å². The quantitative estimate of drug-likeness (QED) is 0.619. The summed E-state index contributed by atoms with van der Waals surface area (Å²) in [4.78, 5) is 13.0. The molecule has 0 saturated carbocycles. The Morgan fingerprint density at radius 2 is 1.80 bits per heavy atom. The van der Waals surface area contributed by atoms with Gasteiger partial charge in [0.2, 0.25) is 5.91 Å². The number of sulfonamides is 1. The third-order valence-corrected chi connectivity index (χ3v) is 8.59. The van der Waals surface area contributed by atoms with Gasteiger partial charge >= 0.3 is 0 Å². The lowest BCUT2D eigenvalue weighted by molar-refractivity contribution is -0.120. The molecule has 3 aromatic rings. The maximum absolute atomic E-state index is 13.0. The zero-order valence-corrected chi connectivity index (χ0v) is 18.2. The van der Waals surface area contributed by atoms with Gasteiger partial charge in [-0.3, -0.25) is 4.79 Å². The first kappa shape index (κ1) is 20.8. The molecule has 4 rings (SSSR count). The van der Waals surface area contributed by atoms with E-state index in [9.17, 15) is 13.2 Å². The van der Waals surface area contributed by atoms with E-state index in [1.807, 2.05) is 42.5 Å². The summed E-state index contributed by atoms with van der Waals surface area (Å²) in [6.45, 7) is 0.668. The minimum absolute atomic E-state index is 0.124. The smallest absolute Gasteiger partial charge is 0.252 e. The number of rotatable bonds is 6. The monoisotopic (exact) mass is 440 g/mol. The Bertz CT molecular complexity index is 1100. The molecule has 5 nitrogen and oxygen atoms in total. The van der Waals surface area contributed by atoms with Crippen molar-refractivity contribution in [2.75, 3.05) is 18.4 Å². The molecular formula is C23H24N2O3S2. The van der Waals surface area contributed by atoms with E-state index in [1.54, 1.807) is 17.5 Å². The molecule has 0 aliphatic carbocycles. The van der Waals surface area contributed by atoms with Crippen LogP contribution in [0.1, 0.15) is 24.0 Å². The molecule has 1 fully saturated rings. The minimum atomic E-state index is -3.53. The molecule has 1 aromatic heterocycles. The van der Waals surface area contributed by atoms with E-state index in [0.29, 0.717) is 23.6 Å². The van der Waals surface area contributed by atoms with Gasteiger partial charge in [-0.1, -0.05) is 54.6 Å². The maximum Gasteiger partial charge on any atom is 0.252 e. The molecule has 1 N–H and O–H groups in total. The summed E-state index contributed by atoms with van der Waals surface area (Å²) in [5, 5.41) is 4.80. The number of thiophene rings is 1. The molecule has 30 heavy (non-hydrogen) atoms. The van der Waals surface area contributed by atoms with Crippen LogP contribution < -0.4 is 5.32 Å². The number of nitrogens with one attached hydrogen (secondary N) is 1. The second kappa shape index (κ2) is 9.12. The highest BCUT2D eigenvalue weighted by molar-refractivity contribution is 7.91. The first-order valence-corrected chi connectivity index (χ1v) is 12.3. The van der Waals surface area contributed by atoms with Crippen LogP contribution in [-0.2, 0) is 21.2 Å². The zero-order valence-electron chi connectivity index (χ0n) is 16.5. The number of nitrogens with zero attached hydrogens (tertiary/aromatic N) is 1. The van der Waals surface area contributed by atoms with E-state index in [-0.39, 0.29) is 18.4 Å². The number of amides is 1. The van der Waals surface area contributed by atoms with Crippen LogP contribution in [0.2, 0.25) is 0 Å². The lowest BCUT2D eigenvalue weighted by Gasteiger charge is -2.31. The molecule has 156 valence electrons. The largest absolute Gasteiger partial charge is 0.326 e. The van der Waals surface area contributed by atoms with Gasteiger partial charge in [0.05, 0.1) is 5.92 Å². The number of hydrogen-bond donors (Lipinski definition) is 1. The Hall–Kier alpha value is -2.48. The SMILES string of the molecule is O=C(Nc1ccccc1Cc1ccccc1)C1CCCN(S(=O)(=O)c2cccs2)C1. The molecular weight excluding hydrogens is 416 g/mol. The van der Waals surface area contributed by atoms with Gasteiger partial charge in [-0.15, -0.1) is 11.3 Å². The van der Waals surface area contributed by atoms with Crippen LogP contribution in [0.4, 0.5) is 5.69 Å². The van der Waals surface area contributed by atoms with Crippen LogP contribution in [0.25, 0.3) is 0 Å². The van der Waals surface area contributed by atoms with Gasteiger partial charge in [-0.2, -0.15) is 4.31 Å². The van der Waals surface area contributed by atoms with E-state index in [1.165, 1.54) is 21.2 Å². The number of para-hydroxylation sites is 1. The van der Waals surface area contributed by atoms with Crippen LogP contribution in [0, 0.1) is 5.92 Å². The molecule has 2 heterocycles. The summed E-state index contributed by atoms with van der Waals surface area (Å²) >= 11 is 1.21. The predicted octanol–water partition coefficient (Wildman–Crippen LogP) is 4.38. The number of hydrogen-bond acceptors (Lipinski definition) is 4. The molecule has 1 unspecified atom stereocenters. The van der Waals surface area contributed by atoms with E-state index in [0.717, 1.165) is 17.7 Å². The van der Waals surface area contributed by atoms with Gasteiger partial charge in [0, 0.05) is 18.8 Å². The van der Waals surface area contributed by atoms with Crippen molar-refractivity contribution in [1.82, 2.24) is 4.31 Å². The second-order valence-corrected chi connectivity index (χ2v) is 10.6. The molecule has 1 saturated heterocycles. The van der Waals surface area contributed by atoms with Crippen molar-refractivity contribution in [2.24, 2.45) is 5.92 Å². The van der Waals surface area contributed by atoms with E-state index in [2.05, 4.69) is 17.4 Å². The van der Waals surface area contributed by atoms with Crippen LogP contribution in [0.3, 0.4) is 0 Å². The number of anilines is 1. The third kappa shape index (κ3) is 4.64. The number of piperidine rings is 1. The molecule has 2 aromatic carbocycles. The molecule has 0 radical (unpaired) electrons. The van der Waals surface area contributed by atoms with Crippen molar-refractivity contribution < 1.29 is 13.2 Å². The Balaban J connectivity index is 1.47. The predicted molar refractivity (Wildman–Crippen MR) is 120 cm³/mol. The molecule has 1 atom stereocenters. The summed E-state index contributed by atoms with van der Waals surface area (Å²) in [6, 6.07) is 21.2. The van der Waals surface area contributed by atoms with Crippen molar-refractivity contribution >= 4 is 33.0 Å². The molecule has 0 bridgehead atoms. The molecule has 0 spiro atoms. The minimum Gasteiger partial charge on any atom is -0.326 e. The molecule has 1 amide bonds. The fraction of sp³-hybridized carbons (Fsp3) is 0.261. The van der Waals surface area contributed by atoms with E-state index < -0.39 is 10.0 Å². The third-order valence-electron chi connectivity index (χ3n) is 5.36. The van der Waals surface area contributed by atoms with Crippen LogP contribution in [-0.4, -0.2) is 31.7 Å². The highest BCUT2D eigenvalue weighted by Crippen LogP contribution is 2.27. The molecule has 1 aliphatic rings. The van der Waals surface area contributed by atoms with Crippen molar-refractivity contribution in [2.45, 2.75) is 23.5 Å². The van der Waals surface area contributed by atoms with Gasteiger partial charge in [-0.05, 0) is 47.9 Å². The summed E-state index contributed by atoms with van der Waals surface area (Å²) in [6.07, 6.45) is 2.08. The fourth-order valence-corrected chi connectivity index (χ4v) is 6.43. The summed E-state index contributed by atoms with van der Waals surface area (Å²) in [7, 11) is -3.53. The van der Waals surface area contributed by atoms with Gasteiger partial charge in [-0.25, -0.2) is 8.42 Å². The Morgan fingerprint density at radius 1 is 1.03 bits per heavy atom. The first-order chi connectivity index (χ1) is 14.5. The van der Waals surface area contributed by atoms with Crippen molar-refractivity contribution in [3.8, 4) is 0 Å². The van der Waals surface area contributed by atoms with Crippen molar-refractivity contribution in [3.63, 3.8) is 0 Å². The highest BCUT2D eigenvalue weighted by Gasteiger charge is 2.33. The lowest BCUT2D eigenvalue weighted by Crippen LogP contribution is -2.43. The van der Waals surface area contributed by atoms with E-state index >= 15 is 0 Å². The van der Waals surface area contributed by atoms with E-state index in [4.69, 9.17) is 0 Å². The summed E-state index contributed by atoms with van der Waals surface area (Å²) in [5.41, 5.74) is 2.99. The topological polar surface area (TPSA) is 66.5 Å². The normalized spacial score (nSPS) is 17.5. The molecule has 7 heteroatoms. The summed E-state index contributed by atoms with van der Waals surface area (Å²) in [5.74, 6) is -0.486. The number of benzene rings is 2. The standard InChI is InChI=1S/C23H24N2O3S2/c26-23(20-11-6-14-25(17-20)30(27,28)22-13-7-15-29-22)24-21-12-5-4-10-19(21)16-18-8-2-1-3-9-18/h1-5,7-10,12-13,15,20H,6,11,14,16-17H2,(H,24,26). The summed E-state index contributed by atoms with van der Waals surface area (Å²) < 4.78 is 27.5. The fourth-order valence-electron chi connectivity index (χ4n) is 3.76. The lowest BCUT2D eigenvalue weighted by atomic mass is 9.98. The Morgan fingerprint density at radius 3 is 2.57 bits per heavy atom. The van der Waals surface area contributed by atoms with Crippen LogP contribution in [0.15, 0.2) is 76.3 Å². The number of carbonyl (C=O) groups excluding carboxylic acids is 1. The second-order valence-electron chi connectivity index (χ2n) is 7.44. The Kier molecular flexibility index (Phi) is 6.32. The first-order valence-electron chi connectivity index (χ1n) is 10.0. The average molecular weight is 441 g/mol. The number of carbonyl (C=O) groups is 1. The van der Waals surface area contributed by atoms with Gasteiger partial charge in [0.25, 0.3) is 10.0 Å². The van der Waals surface area contributed by atoms with Crippen molar-refractivity contribution in [3.05, 3.63) is 83.2 Å². The van der Waals surface area contributed by atoms with Crippen molar-refractivity contribution in [1.29, 1.82) is 0 Å². The maximum atomic E-state index is 13.0. The Labute approximate surface area is 181 Å². The zero-order chi connectivity index (χ0) is 21.0. The van der Waals surface area contributed by atoms with Gasteiger partial charge in [0.1, 0.15) is 4.21 Å². The van der Waals surface area contributed by atoms with Gasteiger partial charge < -0.3 is 5.32 Å². The molecule has 1 aliphatic heterocycles. The average Bonchev–Trinajstić information content (AvgIpc) is 3.32. The van der Waals surface area contributed by atoms with Gasteiger partial charge in [0.15, 0.2) is 0 Å². The van der Waals surface area contributed by atoms with Crippen LogP contribution >= 0.6 is 11.3 Å². The highest BCUT2D eigenvalue weighted by atomic mass is 32.2.